The van der Waals surface area contributed by atoms with Crippen LogP contribution in [-0.2, 0) is 4.74 Å². The zero-order chi connectivity index (χ0) is 24.5. The summed E-state index contributed by atoms with van der Waals surface area (Å²) in [7, 11) is 0. The average molecular weight is 472 g/mol. The molecule has 0 unspecified atom stereocenters. The second kappa shape index (κ2) is 7.71. The average Bonchev–Trinajstić information content (AvgIpc) is 3.64. The molecule has 182 valence electrons. The van der Waals surface area contributed by atoms with E-state index in [1.807, 2.05) is 25.7 Å². The third-order valence-corrected chi connectivity index (χ3v) is 7.18. The van der Waals surface area contributed by atoms with E-state index in [1.165, 1.54) is 10.5 Å². The highest BCUT2D eigenvalue weighted by Crippen LogP contribution is 2.48. The molecule has 0 bridgehead atoms. The van der Waals surface area contributed by atoms with Crippen molar-refractivity contribution in [3.63, 3.8) is 0 Å². The molecule has 3 fully saturated rings. The van der Waals surface area contributed by atoms with E-state index in [2.05, 4.69) is 5.32 Å². The number of hydrogen-bond acceptors (Lipinski definition) is 5. The van der Waals surface area contributed by atoms with Gasteiger partial charge in [-0.25, -0.2) is 14.0 Å². The van der Waals surface area contributed by atoms with E-state index >= 15 is 4.39 Å². The molecule has 2 aliphatic carbocycles. The topological polar surface area (TPSA) is 100 Å². The summed E-state index contributed by atoms with van der Waals surface area (Å²) in [6, 6.07) is 1.48. The first-order valence-corrected chi connectivity index (χ1v) is 11.8. The minimum atomic E-state index is -1.30. The molecule has 3 aliphatic rings. The predicted molar refractivity (Wildman–Crippen MR) is 124 cm³/mol. The number of aromatic nitrogens is 1. The van der Waals surface area contributed by atoms with Crippen LogP contribution in [0, 0.1) is 24.6 Å². The first-order valence-electron chi connectivity index (χ1n) is 11.8. The number of piperidine rings is 1. The van der Waals surface area contributed by atoms with Crippen LogP contribution in [0.5, 0.6) is 0 Å². The fraction of sp³-hybridized carbons (Fsp3) is 0.560. The van der Waals surface area contributed by atoms with Gasteiger partial charge in [-0.05, 0) is 76.0 Å². The molecule has 0 spiro atoms. The molecule has 5 rings (SSSR count). The molecule has 2 saturated carbocycles. The molecule has 9 heteroatoms. The van der Waals surface area contributed by atoms with Gasteiger partial charge in [-0.15, -0.1) is 0 Å². The number of halogens is 1. The number of nitrogens with one attached hydrogen (secondary N) is 1. The maximum Gasteiger partial charge on any atom is 0.407 e. The molecule has 1 saturated heterocycles. The Morgan fingerprint density at radius 1 is 1.21 bits per heavy atom. The molecule has 1 aliphatic heterocycles. The van der Waals surface area contributed by atoms with Gasteiger partial charge in [0.05, 0.1) is 17.4 Å². The molecule has 2 aromatic rings. The number of nitrogens with zero attached hydrogens (tertiary/aromatic N) is 2. The van der Waals surface area contributed by atoms with E-state index in [0.29, 0.717) is 35.8 Å². The van der Waals surface area contributed by atoms with Crippen LogP contribution in [-0.4, -0.2) is 46.3 Å². The van der Waals surface area contributed by atoms with Crippen molar-refractivity contribution in [1.82, 2.24) is 9.72 Å². The number of carboxylic acid groups (broad SMARTS) is 1. The van der Waals surface area contributed by atoms with Crippen LogP contribution in [0.3, 0.4) is 0 Å². The number of fused-ring (bicyclic) bond motifs is 2. The molecular formula is C25H30FN3O5. The summed E-state index contributed by atoms with van der Waals surface area (Å²) in [6.07, 6.45) is 3.35. The molecular weight excluding hydrogens is 441 g/mol. The molecule has 0 radical (unpaired) electrons. The number of hydrogen-bond donors (Lipinski definition) is 2. The van der Waals surface area contributed by atoms with Crippen LogP contribution in [0.4, 0.5) is 14.9 Å². The van der Waals surface area contributed by atoms with Gasteiger partial charge in [0.2, 0.25) is 0 Å². The summed E-state index contributed by atoms with van der Waals surface area (Å²) >= 11 is 0. The summed E-state index contributed by atoms with van der Waals surface area (Å²) in [5.41, 5.74) is 0.873. The van der Waals surface area contributed by atoms with E-state index in [0.717, 1.165) is 31.0 Å². The van der Waals surface area contributed by atoms with E-state index < -0.39 is 29.0 Å². The van der Waals surface area contributed by atoms with Crippen molar-refractivity contribution in [2.24, 2.45) is 11.8 Å². The number of aromatic carboxylic acids is 1. The largest absolute Gasteiger partial charge is 0.477 e. The zero-order valence-corrected chi connectivity index (χ0v) is 19.9. The van der Waals surface area contributed by atoms with Crippen molar-refractivity contribution in [3.05, 3.63) is 45.1 Å². The monoisotopic (exact) mass is 471 g/mol. The Labute approximate surface area is 196 Å². The maximum atomic E-state index is 15.4. The number of pyridine rings is 2. The van der Waals surface area contributed by atoms with Gasteiger partial charge < -0.3 is 20.1 Å². The fourth-order valence-electron chi connectivity index (χ4n) is 5.49. The molecule has 3 atom stereocenters. The summed E-state index contributed by atoms with van der Waals surface area (Å²) < 4.78 is 22.0. The van der Waals surface area contributed by atoms with Crippen LogP contribution in [0.25, 0.3) is 5.52 Å². The first-order chi connectivity index (χ1) is 16.0. The van der Waals surface area contributed by atoms with Crippen molar-refractivity contribution in [1.29, 1.82) is 0 Å². The number of alkyl carbamates (subject to hydrolysis) is 1. The summed E-state index contributed by atoms with van der Waals surface area (Å²) in [6.45, 7) is 8.49. The Kier molecular flexibility index (Phi) is 5.15. The molecule has 34 heavy (non-hydrogen) atoms. The molecule has 2 aromatic heterocycles. The van der Waals surface area contributed by atoms with E-state index in [-0.39, 0.29) is 23.4 Å². The van der Waals surface area contributed by atoms with Gasteiger partial charge in [-0.3, -0.25) is 9.20 Å². The fourth-order valence-corrected chi connectivity index (χ4v) is 5.49. The molecule has 8 nitrogen and oxygen atoms in total. The van der Waals surface area contributed by atoms with Gasteiger partial charge >= 0.3 is 12.1 Å². The second-order valence-corrected chi connectivity index (χ2v) is 10.8. The zero-order valence-electron chi connectivity index (χ0n) is 19.9. The minimum Gasteiger partial charge on any atom is -0.477 e. The number of amides is 1. The van der Waals surface area contributed by atoms with Crippen LogP contribution in [0.1, 0.15) is 67.4 Å². The number of ether oxygens (including phenoxy) is 1. The third-order valence-electron chi connectivity index (χ3n) is 7.18. The Bertz CT molecular complexity index is 1260. The van der Waals surface area contributed by atoms with Crippen LogP contribution >= 0.6 is 0 Å². The Hall–Kier alpha value is -3.10. The predicted octanol–water partition coefficient (Wildman–Crippen LogP) is 3.67. The smallest absolute Gasteiger partial charge is 0.407 e. The second-order valence-electron chi connectivity index (χ2n) is 10.8. The Morgan fingerprint density at radius 3 is 2.53 bits per heavy atom. The lowest BCUT2D eigenvalue weighted by Gasteiger charge is -2.31. The van der Waals surface area contributed by atoms with Gasteiger partial charge in [-0.2, -0.15) is 0 Å². The normalized spacial score (nSPS) is 24.0. The molecule has 2 N–H and O–H groups in total. The summed E-state index contributed by atoms with van der Waals surface area (Å²) in [5, 5.41) is 12.4. The van der Waals surface area contributed by atoms with Crippen molar-refractivity contribution in [2.75, 3.05) is 18.0 Å². The van der Waals surface area contributed by atoms with E-state index in [4.69, 9.17) is 4.74 Å². The quantitative estimate of drug-likeness (QED) is 0.706. The number of rotatable bonds is 4. The van der Waals surface area contributed by atoms with Crippen molar-refractivity contribution in [3.8, 4) is 0 Å². The molecule has 3 heterocycles. The van der Waals surface area contributed by atoms with Crippen LogP contribution in [0.15, 0.2) is 17.1 Å². The van der Waals surface area contributed by atoms with Crippen LogP contribution < -0.4 is 15.8 Å². The van der Waals surface area contributed by atoms with Crippen molar-refractivity contribution < 1.29 is 23.8 Å². The lowest BCUT2D eigenvalue weighted by atomic mass is 10.0. The first kappa shape index (κ1) is 22.7. The molecule has 0 aromatic carbocycles. The summed E-state index contributed by atoms with van der Waals surface area (Å²) in [5.74, 6) is -1.12. The van der Waals surface area contributed by atoms with Gasteiger partial charge in [-0.1, -0.05) is 0 Å². The number of anilines is 1. The standard InChI is InChI=1S/C25H30FN3O5/c1-12-20-15(13-5-6-13)9-16(23(31)32)22(30)29(20)11-18(26)21(12)28-8-7-14-17(10-28)19(14)27-24(33)34-25(2,3)4/h9,11,13-14,17,19H,5-8,10H2,1-4H3,(H,27,33)(H,31,32)/t14-,17+,19-/m0/s1. The highest BCUT2D eigenvalue weighted by Gasteiger charge is 2.54. The van der Waals surface area contributed by atoms with Crippen LogP contribution in [0.2, 0.25) is 0 Å². The minimum absolute atomic E-state index is 0.00597. The summed E-state index contributed by atoms with van der Waals surface area (Å²) in [4.78, 5) is 38.6. The van der Waals surface area contributed by atoms with Gasteiger partial charge in [0.25, 0.3) is 5.56 Å². The number of carbonyl (C=O) groups excluding carboxylic acids is 1. The molecule has 1 amide bonds. The maximum absolute atomic E-state index is 15.4. The number of carbonyl (C=O) groups is 2. The highest BCUT2D eigenvalue weighted by atomic mass is 19.1. The SMILES string of the molecule is Cc1c(N2CC[C@H]3[C@@H](C2)[C@H]3NC(=O)OC(C)(C)C)c(F)cn2c(=O)c(C(=O)O)cc(C3CC3)c12. The van der Waals surface area contributed by atoms with Gasteiger partial charge in [0, 0.05) is 25.0 Å². The van der Waals surface area contributed by atoms with Crippen molar-refractivity contribution in [2.45, 2.75) is 64.5 Å². The lowest BCUT2D eigenvalue weighted by Crippen LogP contribution is -2.35. The number of carboxylic acids is 1. The Morgan fingerprint density at radius 2 is 1.91 bits per heavy atom. The van der Waals surface area contributed by atoms with E-state index in [1.54, 1.807) is 6.92 Å². The highest BCUT2D eigenvalue weighted by molar-refractivity contribution is 5.89. The van der Waals surface area contributed by atoms with Gasteiger partial charge in [0.15, 0.2) is 5.82 Å². The Balaban J connectivity index is 1.46. The van der Waals surface area contributed by atoms with E-state index in [9.17, 15) is 19.5 Å². The lowest BCUT2D eigenvalue weighted by molar-refractivity contribution is 0.0518. The third kappa shape index (κ3) is 3.91. The number of aryl methyl sites for hydroxylation is 1. The van der Waals surface area contributed by atoms with Gasteiger partial charge in [0.1, 0.15) is 11.2 Å². The van der Waals surface area contributed by atoms with Crippen molar-refractivity contribution >= 4 is 23.3 Å².